The van der Waals surface area contributed by atoms with Crippen molar-refractivity contribution in [3.8, 4) is 0 Å². The van der Waals surface area contributed by atoms with Crippen molar-refractivity contribution in [3.63, 3.8) is 0 Å². The van der Waals surface area contributed by atoms with Crippen molar-refractivity contribution in [2.75, 3.05) is 19.6 Å². The molecule has 37 heavy (non-hydrogen) atoms. The van der Waals surface area contributed by atoms with E-state index in [-0.39, 0.29) is 0 Å². The molecule has 0 aliphatic carbocycles. The third-order valence-corrected chi connectivity index (χ3v) is 8.02. The standard InChI is InChI=1S/C34H69NO2/c1-3-5-7-9-11-20-24-28-32-35(31-27-23-10-8-6-4-2)33-29-25-21-18-16-14-12-13-15-17-19-22-26-30-34(36)37/h3-33H2,1-2H3,(H,36,37). The average Bonchev–Trinajstić information content (AvgIpc) is 2.89. The second kappa shape index (κ2) is 31.6. The molecule has 0 saturated carbocycles. The summed E-state index contributed by atoms with van der Waals surface area (Å²) in [5, 5.41) is 8.66. The summed E-state index contributed by atoms with van der Waals surface area (Å²) < 4.78 is 0. The Bertz CT molecular complexity index is 440. The minimum absolute atomic E-state index is 0.344. The number of nitrogens with zero attached hydrogens (tertiary/aromatic N) is 1. The van der Waals surface area contributed by atoms with Gasteiger partial charge in [-0.3, -0.25) is 4.79 Å². The molecule has 3 nitrogen and oxygen atoms in total. The predicted octanol–water partition coefficient (Wildman–Crippen LogP) is 11.3. The van der Waals surface area contributed by atoms with Gasteiger partial charge in [-0.2, -0.15) is 0 Å². The van der Waals surface area contributed by atoms with E-state index in [1.54, 1.807) is 0 Å². The highest BCUT2D eigenvalue weighted by Gasteiger charge is 2.05. The molecule has 0 aromatic rings. The fourth-order valence-corrected chi connectivity index (χ4v) is 5.48. The molecule has 0 atom stereocenters. The molecule has 0 rings (SSSR count). The molecule has 0 aromatic heterocycles. The van der Waals surface area contributed by atoms with Crippen LogP contribution in [0.4, 0.5) is 0 Å². The first-order valence-corrected chi connectivity index (χ1v) is 17.1. The molecular formula is C34H69NO2. The van der Waals surface area contributed by atoms with Crippen LogP contribution in [-0.4, -0.2) is 35.6 Å². The van der Waals surface area contributed by atoms with Gasteiger partial charge in [0.05, 0.1) is 0 Å². The van der Waals surface area contributed by atoms with Gasteiger partial charge in [0.15, 0.2) is 0 Å². The maximum absolute atomic E-state index is 10.5. The van der Waals surface area contributed by atoms with Crippen LogP contribution in [0.2, 0.25) is 0 Å². The predicted molar refractivity (Wildman–Crippen MR) is 165 cm³/mol. The van der Waals surface area contributed by atoms with Crippen LogP contribution >= 0.6 is 0 Å². The SMILES string of the molecule is CCCCCCCCCCN(CCCCCCCC)CCCCCCCCCCCCCCCC(=O)O. The van der Waals surface area contributed by atoms with Crippen molar-refractivity contribution < 1.29 is 9.90 Å². The van der Waals surface area contributed by atoms with Crippen LogP contribution in [0.25, 0.3) is 0 Å². The molecule has 222 valence electrons. The Morgan fingerprint density at radius 2 is 0.649 bits per heavy atom. The molecule has 0 radical (unpaired) electrons. The van der Waals surface area contributed by atoms with Gasteiger partial charge in [0.1, 0.15) is 0 Å². The second-order valence-electron chi connectivity index (χ2n) is 11.8. The number of rotatable bonds is 32. The molecule has 0 heterocycles. The van der Waals surface area contributed by atoms with Crippen LogP contribution < -0.4 is 0 Å². The monoisotopic (exact) mass is 524 g/mol. The van der Waals surface area contributed by atoms with E-state index in [1.165, 1.54) is 180 Å². The number of hydrogen-bond acceptors (Lipinski definition) is 2. The first-order valence-electron chi connectivity index (χ1n) is 17.1. The average molecular weight is 524 g/mol. The number of hydrogen-bond donors (Lipinski definition) is 1. The summed E-state index contributed by atoms with van der Waals surface area (Å²) >= 11 is 0. The van der Waals surface area contributed by atoms with Gasteiger partial charge in [0.25, 0.3) is 0 Å². The van der Waals surface area contributed by atoms with E-state index >= 15 is 0 Å². The summed E-state index contributed by atoms with van der Waals surface area (Å²) in [4.78, 5) is 13.3. The summed E-state index contributed by atoms with van der Waals surface area (Å²) in [7, 11) is 0. The van der Waals surface area contributed by atoms with Crippen molar-refractivity contribution in [3.05, 3.63) is 0 Å². The van der Waals surface area contributed by atoms with Gasteiger partial charge >= 0.3 is 5.97 Å². The smallest absolute Gasteiger partial charge is 0.303 e. The molecular weight excluding hydrogens is 454 g/mol. The Balaban J connectivity index is 3.70. The largest absolute Gasteiger partial charge is 0.481 e. The molecule has 0 bridgehead atoms. The van der Waals surface area contributed by atoms with Crippen molar-refractivity contribution in [1.82, 2.24) is 4.90 Å². The van der Waals surface area contributed by atoms with Gasteiger partial charge in [0.2, 0.25) is 0 Å². The zero-order chi connectivity index (χ0) is 27.1. The van der Waals surface area contributed by atoms with E-state index in [4.69, 9.17) is 5.11 Å². The van der Waals surface area contributed by atoms with Gasteiger partial charge in [-0.15, -0.1) is 0 Å². The van der Waals surface area contributed by atoms with Crippen LogP contribution in [0, 0.1) is 0 Å². The summed E-state index contributed by atoms with van der Waals surface area (Å²) in [5.41, 5.74) is 0. The Kier molecular flexibility index (Phi) is 31.2. The van der Waals surface area contributed by atoms with Crippen LogP contribution in [0.15, 0.2) is 0 Å². The number of carbonyl (C=O) groups is 1. The molecule has 1 N–H and O–H groups in total. The summed E-state index contributed by atoms with van der Waals surface area (Å²) in [5.74, 6) is -0.649. The van der Waals surface area contributed by atoms with Crippen LogP contribution in [0.3, 0.4) is 0 Å². The molecule has 0 unspecified atom stereocenters. The highest BCUT2D eigenvalue weighted by atomic mass is 16.4. The quantitative estimate of drug-likeness (QED) is 0.0891. The maximum atomic E-state index is 10.5. The van der Waals surface area contributed by atoms with E-state index in [9.17, 15) is 4.79 Å². The molecule has 0 fully saturated rings. The highest BCUT2D eigenvalue weighted by Crippen LogP contribution is 2.14. The molecule has 3 heteroatoms. The number of carboxylic acids is 1. The molecule has 0 amide bonds. The lowest BCUT2D eigenvalue weighted by atomic mass is 10.0. The van der Waals surface area contributed by atoms with Crippen molar-refractivity contribution in [2.45, 2.75) is 194 Å². The fraction of sp³-hybridized carbons (Fsp3) is 0.971. The highest BCUT2D eigenvalue weighted by molar-refractivity contribution is 5.66. The molecule has 0 aliphatic rings. The number of carboxylic acid groups (broad SMARTS) is 1. The Labute approximate surface area is 233 Å². The van der Waals surface area contributed by atoms with E-state index < -0.39 is 5.97 Å². The Morgan fingerprint density at radius 1 is 0.405 bits per heavy atom. The molecule has 0 aliphatic heterocycles. The second-order valence-corrected chi connectivity index (χ2v) is 11.8. The topological polar surface area (TPSA) is 40.5 Å². The third-order valence-electron chi connectivity index (χ3n) is 8.02. The summed E-state index contributed by atoms with van der Waals surface area (Å²) in [6, 6.07) is 0. The molecule has 0 aromatic carbocycles. The van der Waals surface area contributed by atoms with E-state index in [2.05, 4.69) is 18.7 Å². The summed E-state index contributed by atoms with van der Waals surface area (Å²) in [6.45, 7) is 8.62. The van der Waals surface area contributed by atoms with Crippen molar-refractivity contribution in [1.29, 1.82) is 0 Å². The van der Waals surface area contributed by atoms with Gasteiger partial charge in [-0.25, -0.2) is 0 Å². The minimum atomic E-state index is -0.649. The van der Waals surface area contributed by atoms with E-state index in [0.717, 1.165) is 12.8 Å². The zero-order valence-corrected chi connectivity index (χ0v) is 25.7. The van der Waals surface area contributed by atoms with Crippen LogP contribution in [0.1, 0.15) is 194 Å². The van der Waals surface area contributed by atoms with Gasteiger partial charge in [-0.1, -0.05) is 162 Å². The van der Waals surface area contributed by atoms with Crippen molar-refractivity contribution in [2.24, 2.45) is 0 Å². The first kappa shape index (κ1) is 36.4. The Morgan fingerprint density at radius 3 is 0.919 bits per heavy atom. The minimum Gasteiger partial charge on any atom is -0.481 e. The molecule has 0 saturated heterocycles. The number of aliphatic carboxylic acids is 1. The first-order chi connectivity index (χ1) is 18.2. The fourth-order valence-electron chi connectivity index (χ4n) is 5.48. The van der Waals surface area contributed by atoms with Crippen LogP contribution in [-0.2, 0) is 4.79 Å². The van der Waals surface area contributed by atoms with Gasteiger partial charge < -0.3 is 10.0 Å². The maximum Gasteiger partial charge on any atom is 0.303 e. The lowest BCUT2D eigenvalue weighted by Crippen LogP contribution is -2.27. The van der Waals surface area contributed by atoms with Gasteiger partial charge in [0, 0.05) is 6.42 Å². The Hall–Kier alpha value is -0.570. The third kappa shape index (κ3) is 31.5. The van der Waals surface area contributed by atoms with Crippen LogP contribution in [0.5, 0.6) is 0 Å². The normalized spacial score (nSPS) is 11.5. The van der Waals surface area contributed by atoms with E-state index in [1.807, 2.05) is 0 Å². The van der Waals surface area contributed by atoms with E-state index in [0.29, 0.717) is 6.42 Å². The van der Waals surface area contributed by atoms with Gasteiger partial charge in [-0.05, 0) is 45.3 Å². The number of unbranched alkanes of at least 4 members (excludes halogenated alkanes) is 24. The van der Waals surface area contributed by atoms with Crippen molar-refractivity contribution >= 4 is 5.97 Å². The summed E-state index contributed by atoms with van der Waals surface area (Å²) in [6.07, 6.45) is 37.2. The lowest BCUT2D eigenvalue weighted by Gasteiger charge is -2.22. The molecule has 0 spiro atoms. The lowest BCUT2D eigenvalue weighted by molar-refractivity contribution is -0.137. The zero-order valence-electron chi connectivity index (χ0n) is 25.7.